The van der Waals surface area contributed by atoms with Gasteiger partial charge < -0.3 is 15.4 Å². The van der Waals surface area contributed by atoms with Crippen LogP contribution in [0.15, 0.2) is 24.3 Å². The molecule has 0 saturated carbocycles. The molecule has 1 unspecified atom stereocenters. The minimum absolute atomic E-state index is 0.131. The van der Waals surface area contributed by atoms with E-state index in [2.05, 4.69) is 10.6 Å². The van der Waals surface area contributed by atoms with E-state index in [0.29, 0.717) is 13.1 Å². The van der Waals surface area contributed by atoms with E-state index in [9.17, 15) is 9.59 Å². The Labute approximate surface area is 137 Å². The molecular weight excluding hydrogens is 294 g/mol. The Morgan fingerprint density at radius 3 is 2.57 bits per heavy atom. The predicted octanol–water partition coefficient (Wildman–Crippen LogP) is 2.67. The Balaban J connectivity index is 1.79. The fourth-order valence-electron chi connectivity index (χ4n) is 2.61. The van der Waals surface area contributed by atoms with Gasteiger partial charge in [0.25, 0.3) is 0 Å². The standard InChI is InChI=1S/C17H25N3O3/c1-12-11-13-7-5-6-8-14(13)20(12)15(21)18-9-10-19-16(22)23-17(2,3)4/h5-8,12H,9-11H2,1-4H3,(H,18,21)(H,19,22). The normalized spacial score (nSPS) is 16.7. The summed E-state index contributed by atoms with van der Waals surface area (Å²) in [5.41, 5.74) is 1.61. The first kappa shape index (κ1) is 17.1. The Bertz CT molecular complexity index is 581. The number of amides is 3. The highest BCUT2D eigenvalue weighted by Gasteiger charge is 2.30. The number of benzene rings is 1. The SMILES string of the molecule is CC1Cc2ccccc2N1C(=O)NCCNC(=O)OC(C)(C)C. The van der Waals surface area contributed by atoms with Crippen molar-refractivity contribution in [3.63, 3.8) is 0 Å². The Hall–Kier alpha value is -2.24. The molecule has 0 fully saturated rings. The molecule has 1 aromatic carbocycles. The molecule has 0 aliphatic carbocycles. The topological polar surface area (TPSA) is 70.7 Å². The van der Waals surface area contributed by atoms with Gasteiger partial charge in [0.1, 0.15) is 5.60 Å². The highest BCUT2D eigenvalue weighted by molar-refractivity contribution is 5.94. The first-order valence-electron chi connectivity index (χ1n) is 7.90. The van der Waals surface area contributed by atoms with Crippen LogP contribution < -0.4 is 15.5 Å². The van der Waals surface area contributed by atoms with Crippen LogP contribution in [0.4, 0.5) is 15.3 Å². The summed E-state index contributed by atoms with van der Waals surface area (Å²) in [6.07, 6.45) is 0.381. The second-order valence-electron chi connectivity index (χ2n) is 6.71. The lowest BCUT2D eigenvalue weighted by Crippen LogP contribution is -2.46. The fourth-order valence-corrected chi connectivity index (χ4v) is 2.61. The summed E-state index contributed by atoms with van der Waals surface area (Å²) >= 11 is 0. The maximum atomic E-state index is 12.4. The number of alkyl carbamates (subject to hydrolysis) is 1. The molecule has 1 aliphatic rings. The number of ether oxygens (including phenoxy) is 1. The van der Waals surface area contributed by atoms with Gasteiger partial charge in [-0.25, -0.2) is 9.59 Å². The summed E-state index contributed by atoms with van der Waals surface area (Å²) in [6, 6.07) is 7.90. The molecule has 3 amide bonds. The monoisotopic (exact) mass is 319 g/mol. The summed E-state index contributed by atoms with van der Waals surface area (Å²) in [5.74, 6) is 0. The number of fused-ring (bicyclic) bond motifs is 1. The molecule has 23 heavy (non-hydrogen) atoms. The van der Waals surface area contributed by atoms with E-state index in [-0.39, 0.29) is 12.1 Å². The minimum Gasteiger partial charge on any atom is -0.444 e. The van der Waals surface area contributed by atoms with Gasteiger partial charge >= 0.3 is 12.1 Å². The molecule has 2 rings (SSSR count). The zero-order valence-electron chi connectivity index (χ0n) is 14.2. The number of para-hydroxylation sites is 1. The predicted molar refractivity (Wildman–Crippen MR) is 89.7 cm³/mol. The third kappa shape index (κ3) is 4.61. The summed E-state index contributed by atoms with van der Waals surface area (Å²) in [7, 11) is 0. The van der Waals surface area contributed by atoms with Crippen molar-refractivity contribution in [1.29, 1.82) is 0 Å². The molecule has 126 valence electrons. The number of nitrogens with zero attached hydrogens (tertiary/aromatic N) is 1. The van der Waals surface area contributed by atoms with Crippen molar-refractivity contribution in [2.24, 2.45) is 0 Å². The fraction of sp³-hybridized carbons (Fsp3) is 0.529. The Morgan fingerprint density at radius 1 is 1.22 bits per heavy atom. The third-order valence-corrected chi connectivity index (χ3v) is 3.50. The molecular formula is C17H25N3O3. The molecule has 1 aromatic rings. The van der Waals surface area contributed by atoms with Gasteiger partial charge in [-0.1, -0.05) is 18.2 Å². The molecule has 0 bridgehead atoms. The van der Waals surface area contributed by atoms with Crippen LogP contribution in [0.25, 0.3) is 0 Å². The molecule has 6 nitrogen and oxygen atoms in total. The molecule has 0 saturated heterocycles. The highest BCUT2D eigenvalue weighted by Crippen LogP contribution is 2.31. The van der Waals surface area contributed by atoms with E-state index in [1.807, 2.05) is 31.2 Å². The van der Waals surface area contributed by atoms with Crippen molar-refractivity contribution >= 4 is 17.8 Å². The van der Waals surface area contributed by atoms with Crippen LogP contribution in [0.2, 0.25) is 0 Å². The van der Waals surface area contributed by atoms with Crippen molar-refractivity contribution in [3.05, 3.63) is 29.8 Å². The molecule has 1 atom stereocenters. The Kier molecular flexibility index (Phi) is 5.13. The van der Waals surface area contributed by atoms with E-state index in [1.165, 1.54) is 5.56 Å². The quantitative estimate of drug-likeness (QED) is 0.842. The van der Waals surface area contributed by atoms with Crippen LogP contribution in [0.5, 0.6) is 0 Å². The van der Waals surface area contributed by atoms with Crippen molar-refractivity contribution < 1.29 is 14.3 Å². The molecule has 0 aromatic heterocycles. The zero-order valence-corrected chi connectivity index (χ0v) is 14.2. The van der Waals surface area contributed by atoms with Gasteiger partial charge in [0, 0.05) is 24.8 Å². The van der Waals surface area contributed by atoms with Crippen molar-refractivity contribution in [2.45, 2.75) is 45.8 Å². The van der Waals surface area contributed by atoms with Crippen LogP contribution in [0, 0.1) is 0 Å². The van der Waals surface area contributed by atoms with Crippen LogP contribution in [-0.4, -0.2) is 36.9 Å². The van der Waals surface area contributed by atoms with Crippen molar-refractivity contribution in [1.82, 2.24) is 10.6 Å². The second-order valence-corrected chi connectivity index (χ2v) is 6.71. The van der Waals surface area contributed by atoms with Crippen molar-refractivity contribution in [3.8, 4) is 0 Å². The summed E-state index contributed by atoms with van der Waals surface area (Å²) < 4.78 is 5.13. The molecule has 1 aliphatic heterocycles. The molecule has 6 heteroatoms. The number of carbonyl (C=O) groups excluding carboxylic acids is 2. The smallest absolute Gasteiger partial charge is 0.407 e. The number of anilines is 1. The van der Waals surface area contributed by atoms with Crippen LogP contribution in [0.3, 0.4) is 0 Å². The van der Waals surface area contributed by atoms with Crippen LogP contribution in [-0.2, 0) is 11.2 Å². The summed E-state index contributed by atoms with van der Waals surface area (Å²) in [6.45, 7) is 8.12. The van der Waals surface area contributed by atoms with Gasteiger partial charge in [-0.2, -0.15) is 0 Å². The molecule has 2 N–H and O–H groups in total. The minimum atomic E-state index is -0.526. The van der Waals surface area contributed by atoms with Crippen LogP contribution in [0.1, 0.15) is 33.3 Å². The average Bonchev–Trinajstić information content (AvgIpc) is 2.77. The van der Waals surface area contributed by atoms with E-state index in [4.69, 9.17) is 4.74 Å². The first-order valence-corrected chi connectivity index (χ1v) is 7.90. The summed E-state index contributed by atoms with van der Waals surface area (Å²) in [5, 5.41) is 5.45. The lowest BCUT2D eigenvalue weighted by atomic mass is 10.1. The van der Waals surface area contributed by atoms with Gasteiger partial charge in [-0.05, 0) is 45.7 Å². The zero-order chi connectivity index (χ0) is 17.0. The van der Waals surface area contributed by atoms with E-state index < -0.39 is 11.7 Å². The van der Waals surface area contributed by atoms with Gasteiger partial charge in [0.15, 0.2) is 0 Å². The molecule has 0 spiro atoms. The largest absolute Gasteiger partial charge is 0.444 e. The Morgan fingerprint density at radius 2 is 1.87 bits per heavy atom. The van der Waals surface area contributed by atoms with Gasteiger partial charge in [-0.3, -0.25) is 4.90 Å². The number of urea groups is 1. The molecule has 0 radical (unpaired) electrons. The number of rotatable bonds is 3. The lowest BCUT2D eigenvalue weighted by molar-refractivity contribution is 0.0528. The van der Waals surface area contributed by atoms with Gasteiger partial charge in [-0.15, -0.1) is 0 Å². The van der Waals surface area contributed by atoms with E-state index >= 15 is 0 Å². The number of hydrogen-bond acceptors (Lipinski definition) is 3. The lowest BCUT2D eigenvalue weighted by Gasteiger charge is -2.23. The van der Waals surface area contributed by atoms with E-state index in [0.717, 1.165) is 12.1 Å². The number of nitrogens with one attached hydrogen (secondary N) is 2. The summed E-state index contributed by atoms with van der Waals surface area (Å²) in [4.78, 5) is 25.6. The second kappa shape index (κ2) is 6.89. The van der Waals surface area contributed by atoms with Gasteiger partial charge in [0.05, 0.1) is 0 Å². The maximum Gasteiger partial charge on any atom is 0.407 e. The molecule has 1 heterocycles. The number of hydrogen-bond donors (Lipinski definition) is 2. The first-order chi connectivity index (χ1) is 10.8. The number of carbonyl (C=O) groups is 2. The van der Waals surface area contributed by atoms with E-state index in [1.54, 1.807) is 25.7 Å². The van der Waals surface area contributed by atoms with Crippen molar-refractivity contribution in [2.75, 3.05) is 18.0 Å². The third-order valence-electron chi connectivity index (χ3n) is 3.50. The highest BCUT2D eigenvalue weighted by atomic mass is 16.6. The maximum absolute atomic E-state index is 12.4. The van der Waals surface area contributed by atoms with Gasteiger partial charge in [0.2, 0.25) is 0 Å². The average molecular weight is 319 g/mol. The van der Waals surface area contributed by atoms with Crippen LogP contribution >= 0.6 is 0 Å².